The van der Waals surface area contributed by atoms with Gasteiger partial charge < -0.3 is 5.32 Å². The van der Waals surface area contributed by atoms with Crippen LogP contribution in [-0.2, 0) is 0 Å². The fourth-order valence-electron chi connectivity index (χ4n) is 1.18. The Bertz CT molecular complexity index is 449. The molecular formula is C9H8N2O2S. The molecule has 14 heavy (non-hydrogen) atoms. The molecule has 3 N–H and O–H groups in total. The highest BCUT2D eigenvalue weighted by Gasteiger charge is 2.21. The van der Waals surface area contributed by atoms with Crippen LogP contribution in [0.3, 0.4) is 0 Å². The van der Waals surface area contributed by atoms with Crippen molar-refractivity contribution in [1.29, 1.82) is 0 Å². The molecule has 1 aromatic rings. The van der Waals surface area contributed by atoms with E-state index in [0.717, 1.165) is 0 Å². The molecule has 0 saturated carbocycles. The summed E-state index contributed by atoms with van der Waals surface area (Å²) in [6, 6.07) is 4.97. The first-order valence-corrected chi connectivity index (χ1v) is 5.33. The van der Waals surface area contributed by atoms with Crippen molar-refractivity contribution in [3.63, 3.8) is 0 Å². The van der Waals surface area contributed by atoms with Gasteiger partial charge in [0.25, 0.3) is 0 Å². The third-order valence-corrected chi connectivity index (χ3v) is 3.19. The molecule has 72 valence electrons. The Kier molecular flexibility index (Phi) is 1.97. The van der Waals surface area contributed by atoms with Crippen molar-refractivity contribution in [3.05, 3.63) is 23.8 Å². The summed E-state index contributed by atoms with van der Waals surface area (Å²) >= 11 is 0. The largest absolute Gasteiger partial charge is 0.343 e. The van der Waals surface area contributed by atoms with Gasteiger partial charge in [0.05, 0.1) is 5.69 Å². The average molecular weight is 208 g/mol. The quantitative estimate of drug-likeness (QED) is 0.572. The summed E-state index contributed by atoms with van der Waals surface area (Å²) in [7, 11) is -3.06. The van der Waals surface area contributed by atoms with Crippen LogP contribution in [0.15, 0.2) is 27.5 Å². The topological polar surface area (TPSA) is 64.8 Å². The number of terminal acetylenes is 1. The predicted molar refractivity (Wildman–Crippen MR) is 57.6 cm³/mol. The lowest BCUT2D eigenvalue weighted by atomic mass is 10.2. The summed E-state index contributed by atoms with van der Waals surface area (Å²) in [4.78, 5) is 0.343. The lowest BCUT2D eigenvalue weighted by Gasteiger charge is -2.31. The molecule has 0 bridgehead atoms. The monoisotopic (exact) mass is 208 g/mol. The van der Waals surface area contributed by atoms with Gasteiger partial charge in [0.1, 0.15) is 11.2 Å². The van der Waals surface area contributed by atoms with Crippen molar-refractivity contribution < 1.29 is 9.11 Å². The summed E-state index contributed by atoms with van der Waals surface area (Å²) in [5.74, 6) is 2.43. The molecule has 0 unspecified atom stereocenters. The third kappa shape index (κ3) is 1.36. The minimum absolute atomic E-state index is 0.343. The van der Waals surface area contributed by atoms with Gasteiger partial charge in [-0.15, -0.1) is 10.8 Å². The van der Waals surface area contributed by atoms with Gasteiger partial charge in [-0.25, -0.2) is 0 Å². The Balaban J connectivity index is 2.60. The highest BCUT2D eigenvalue weighted by molar-refractivity contribution is 8.23. The predicted octanol–water partition coefficient (Wildman–Crippen LogP) is 2.15. The molecule has 0 radical (unpaired) electrons. The zero-order valence-electron chi connectivity index (χ0n) is 7.14. The Labute approximate surface area is 83.2 Å². The number of benzene rings is 1. The molecule has 2 rings (SSSR count). The van der Waals surface area contributed by atoms with Crippen LogP contribution in [-0.4, -0.2) is 15.4 Å². The maximum atomic E-state index is 9.58. The van der Waals surface area contributed by atoms with Crippen molar-refractivity contribution in [2.45, 2.75) is 4.90 Å². The second-order valence-electron chi connectivity index (χ2n) is 2.75. The highest BCUT2D eigenvalue weighted by Crippen LogP contribution is 2.54. The van der Waals surface area contributed by atoms with Crippen molar-refractivity contribution in [3.8, 4) is 12.3 Å². The molecule has 0 spiro atoms. The van der Waals surface area contributed by atoms with E-state index in [0.29, 0.717) is 16.1 Å². The lowest BCUT2D eigenvalue weighted by Crippen LogP contribution is -2.09. The number of hydrogen-bond acceptors (Lipinski definition) is 4. The highest BCUT2D eigenvalue weighted by atomic mass is 32.3. The van der Waals surface area contributed by atoms with E-state index >= 15 is 0 Å². The molecule has 1 aromatic carbocycles. The van der Waals surface area contributed by atoms with Crippen LogP contribution in [0.4, 0.5) is 5.69 Å². The van der Waals surface area contributed by atoms with Gasteiger partial charge in [-0.05, 0) is 18.2 Å². The number of hydrogen-bond donors (Lipinski definition) is 3. The van der Waals surface area contributed by atoms with Crippen LogP contribution in [0, 0.1) is 12.3 Å². The Morgan fingerprint density at radius 2 is 2.21 bits per heavy atom. The molecule has 1 aliphatic heterocycles. The van der Waals surface area contributed by atoms with E-state index in [1.807, 2.05) is 0 Å². The van der Waals surface area contributed by atoms with E-state index in [9.17, 15) is 9.11 Å². The van der Waals surface area contributed by atoms with Gasteiger partial charge in [-0.3, -0.25) is 9.11 Å². The number of fused-ring (bicyclic) bond motifs is 1. The molecule has 0 aromatic heterocycles. The molecule has 0 fully saturated rings. The normalized spacial score (nSPS) is 18.9. The number of rotatable bonds is 0. The first-order valence-electron chi connectivity index (χ1n) is 3.83. The van der Waals surface area contributed by atoms with E-state index < -0.39 is 10.8 Å². The summed E-state index contributed by atoms with van der Waals surface area (Å²) in [6.45, 7) is 0. The SMILES string of the molecule is C#Cc1ccc2c(c1)S(O)(O)N=CN2. The summed E-state index contributed by atoms with van der Waals surface area (Å²) in [5, 5.41) is 2.81. The van der Waals surface area contributed by atoms with Crippen molar-refractivity contribution in [2.75, 3.05) is 5.32 Å². The molecule has 0 aliphatic carbocycles. The minimum atomic E-state index is -3.06. The second-order valence-corrected chi connectivity index (χ2v) is 4.44. The van der Waals surface area contributed by atoms with E-state index in [4.69, 9.17) is 6.42 Å². The van der Waals surface area contributed by atoms with Crippen molar-refractivity contribution >= 4 is 22.8 Å². The Morgan fingerprint density at radius 3 is 2.93 bits per heavy atom. The lowest BCUT2D eigenvalue weighted by molar-refractivity contribution is 0.489. The van der Waals surface area contributed by atoms with E-state index in [-0.39, 0.29) is 0 Å². The molecule has 4 nitrogen and oxygen atoms in total. The number of nitrogens with one attached hydrogen (secondary N) is 1. The van der Waals surface area contributed by atoms with E-state index in [1.165, 1.54) is 6.34 Å². The molecule has 0 amide bonds. The molecule has 5 heteroatoms. The second kappa shape index (κ2) is 3.03. The van der Waals surface area contributed by atoms with Gasteiger partial charge in [0.15, 0.2) is 0 Å². The minimum Gasteiger partial charge on any atom is -0.343 e. The summed E-state index contributed by atoms with van der Waals surface area (Å²) in [6.07, 6.45) is 6.48. The van der Waals surface area contributed by atoms with Crippen molar-refractivity contribution in [1.82, 2.24) is 0 Å². The van der Waals surface area contributed by atoms with Crippen LogP contribution in [0.1, 0.15) is 5.56 Å². The van der Waals surface area contributed by atoms with Gasteiger partial charge >= 0.3 is 0 Å². The standard InChI is InChI=1S/C9H8N2O2S/c1-2-7-3-4-8-9(5-7)14(12,13)11-6-10-8/h1,3-6,12-13H,(H,10,11). The molecule has 1 heterocycles. The third-order valence-electron chi connectivity index (χ3n) is 1.86. The summed E-state index contributed by atoms with van der Waals surface area (Å²) < 4.78 is 22.7. The average Bonchev–Trinajstić information content (AvgIpc) is 2.17. The first-order chi connectivity index (χ1) is 6.63. The van der Waals surface area contributed by atoms with Gasteiger partial charge in [-0.2, -0.15) is 0 Å². The Hall–Kier alpha value is -1.48. The van der Waals surface area contributed by atoms with Crippen LogP contribution >= 0.6 is 10.8 Å². The van der Waals surface area contributed by atoms with Crippen LogP contribution in [0.5, 0.6) is 0 Å². The smallest absolute Gasteiger partial charge is 0.113 e. The Morgan fingerprint density at radius 1 is 1.43 bits per heavy atom. The zero-order valence-corrected chi connectivity index (χ0v) is 7.95. The van der Waals surface area contributed by atoms with Crippen LogP contribution in [0.2, 0.25) is 0 Å². The van der Waals surface area contributed by atoms with Crippen LogP contribution < -0.4 is 5.32 Å². The van der Waals surface area contributed by atoms with E-state index in [1.54, 1.807) is 18.2 Å². The number of nitrogens with zero attached hydrogens (tertiary/aromatic N) is 1. The maximum absolute atomic E-state index is 9.58. The van der Waals surface area contributed by atoms with Crippen LogP contribution in [0.25, 0.3) is 0 Å². The molecule has 0 atom stereocenters. The first kappa shape index (κ1) is 9.09. The van der Waals surface area contributed by atoms with Crippen molar-refractivity contribution in [2.24, 2.45) is 4.40 Å². The van der Waals surface area contributed by atoms with Gasteiger partial charge in [0, 0.05) is 5.56 Å². The maximum Gasteiger partial charge on any atom is 0.113 e. The number of anilines is 1. The fraction of sp³-hybridized carbons (Fsp3) is 0. The molecular weight excluding hydrogens is 200 g/mol. The molecule has 1 aliphatic rings. The fourth-order valence-corrected chi connectivity index (χ4v) is 2.20. The van der Waals surface area contributed by atoms with Gasteiger partial charge in [-0.1, -0.05) is 16.7 Å². The molecule has 0 saturated heterocycles. The zero-order chi connectivity index (χ0) is 10.2. The summed E-state index contributed by atoms with van der Waals surface area (Å²) in [5.41, 5.74) is 1.22. The van der Waals surface area contributed by atoms with E-state index in [2.05, 4.69) is 15.6 Å². The van der Waals surface area contributed by atoms with Gasteiger partial charge in [0.2, 0.25) is 0 Å².